The molecule has 7 aromatic rings. The lowest BCUT2D eigenvalue weighted by molar-refractivity contribution is 0.279. The normalized spacial score (nSPS) is 17.5. The number of nitrogens with zero attached hydrogens (tertiary/aromatic N) is 2. The number of hydrogen-bond acceptors (Lipinski definition) is 4. The highest BCUT2D eigenvalue weighted by Crippen LogP contribution is 2.64. The van der Waals surface area contributed by atoms with E-state index in [1.807, 2.05) is 0 Å². The lowest BCUT2D eigenvalue weighted by atomic mass is 9.69. The SMILES string of the molecule is CC1(C)COC(c2ccc(-c3ccc4c(c3)C3(c5ccccc5-c5ccccc53)c3cc(-c5ccc(C6=NC(C)(C)CO6)cc5)c5ccccc5c3-4)cc2)=N1. The molecule has 0 N–H and O–H groups in total. The Hall–Kier alpha value is -6.26. The second kappa shape index (κ2) is 11.4. The Balaban J connectivity index is 1.14. The number of hydrogen-bond donors (Lipinski definition) is 0. The zero-order valence-corrected chi connectivity index (χ0v) is 31.5. The molecule has 0 bridgehead atoms. The lowest BCUT2D eigenvalue weighted by Gasteiger charge is -2.31. The summed E-state index contributed by atoms with van der Waals surface area (Å²) in [6.07, 6.45) is 0. The summed E-state index contributed by atoms with van der Waals surface area (Å²) in [7, 11) is 0. The summed E-state index contributed by atoms with van der Waals surface area (Å²) < 4.78 is 12.0. The van der Waals surface area contributed by atoms with E-state index in [1.165, 1.54) is 77.5 Å². The van der Waals surface area contributed by atoms with Crippen molar-refractivity contribution >= 4 is 22.6 Å². The molecule has 1 spiro atoms. The van der Waals surface area contributed by atoms with Gasteiger partial charge in [-0.2, -0.15) is 0 Å². The van der Waals surface area contributed by atoms with E-state index in [-0.39, 0.29) is 11.1 Å². The van der Waals surface area contributed by atoms with Gasteiger partial charge in [-0.1, -0.05) is 109 Å². The van der Waals surface area contributed by atoms with Gasteiger partial charge in [0.05, 0.1) is 16.5 Å². The average Bonchev–Trinajstić information content (AvgIpc) is 3.94. The molecule has 2 aliphatic carbocycles. The van der Waals surface area contributed by atoms with Crippen LogP contribution in [0.4, 0.5) is 0 Å². The van der Waals surface area contributed by atoms with Crippen LogP contribution >= 0.6 is 0 Å². The van der Waals surface area contributed by atoms with E-state index in [4.69, 9.17) is 19.5 Å². The molecule has 4 heteroatoms. The summed E-state index contributed by atoms with van der Waals surface area (Å²) in [6.45, 7) is 9.64. The van der Waals surface area contributed by atoms with Crippen molar-refractivity contribution in [3.63, 3.8) is 0 Å². The fourth-order valence-electron chi connectivity index (χ4n) is 9.47. The van der Waals surface area contributed by atoms with Crippen molar-refractivity contribution in [1.82, 2.24) is 0 Å². The van der Waals surface area contributed by atoms with Gasteiger partial charge in [0.1, 0.15) is 13.2 Å². The Kier molecular flexibility index (Phi) is 6.66. The molecule has 4 aliphatic rings. The minimum Gasteiger partial charge on any atom is -0.475 e. The summed E-state index contributed by atoms with van der Waals surface area (Å²) in [5.74, 6) is 1.44. The first-order chi connectivity index (χ1) is 26.7. The maximum atomic E-state index is 6.01. The zero-order chi connectivity index (χ0) is 37.1. The Bertz CT molecular complexity index is 2760. The molecule has 7 aromatic carbocycles. The van der Waals surface area contributed by atoms with Crippen LogP contribution < -0.4 is 0 Å². The van der Waals surface area contributed by atoms with Gasteiger partial charge in [0.2, 0.25) is 11.8 Å². The van der Waals surface area contributed by atoms with E-state index in [0.717, 1.165) is 22.9 Å². The van der Waals surface area contributed by atoms with Gasteiger partial charge in [0.25, 0.3) is 0 Å². The predicted octanol–water partition coefficient (Wildman–Crippen LogP) is 11.6. The quantitative estimate of drug-likeness (QED) is 0.182. The van der Waals surface area contributed by atoms with E-state index in [0.29, 0.717) is 13.2 Å². The highest BCUT2D eigenvalue weighted by atomic mass is 16.5. The molecule has 4 nitrogen and oxygen atoms in total. The van der Waals surface area contributed by atoms with Crippen molar-refractivity contribution in [2.45, 2.75) is 44.2 Å². The standard InChI is InChI=1S/C51H40N2O2/c1-49(2)29-54-47(52-49)33-21-17-31(18-22-33)35-25-26-40-44(27-35)51(42-15-9-7-12-37(42)38-13-8-10-16-43(38)51)45-28-41(36-11-5-6-14-39(36)46(40)45)32-19-23-34(24-20-32)48-53-50(3,4)30-55-48/h5-28H,29-30H2,1-4H3. The van der Waals surface area contributed by atoms with Crippen molar-refractivity contribution in [1.29, 1.82) is 0 Å². The van der Waals surface area contributed by atoms with Gasteiger partial charge < -0.3 is 9.47 Å². The molecular weight excluding hydrogens is 673 g/mol. The van der Waals surface area contributed by atoms with Crippen LogP contribution in [0.1, 0.15) is 61.1 Å². The molecule has 11 rings (SSSR count). The number of aliphatic imine (C=N–C) groups is 2. The van der Waals surface area contributed by atoms with Crippen molar-refractivity contribution in [3.05, 3.63) is 179 Å². The van der Waals surface area contributed by atoms with Crippen molar-refractivity contribution in [2.75, 3.05) is 13.2 Å². The van der Waals surface area contributed by atoms with Gasteiger partial charge >= 0.3 is 0 Å². The van der Waals surface area contributed by atoms with Gasteiger partial charge in [-0.15, -0.1) is 0 Å². The average molecular weight is 713 g/mol. The molecule has 0 unspecified atom stereocenters. The predicted molar refractivity (Wildman–Crippen MR) is 224 cm³/mol. The van der Waals surface area contributed by atoms with Crippen molar-refractivity contribution < 1.29 is 9.47 Å². The maximum absolute atomic E-state index is 6.01. The summed E-state index contributed by atoms with van der Waals surface area (Å²) in [5, 5.41) is 2.51. The van der Waals surface area contributed by atoms with Crippen LogP contribution in [0, 0.1) is 0 Å². The Morgan fingerprint density at radius 3 is 1.45 bits per heavy atom. The largest absolute Gasteiger partial charge is 0.475 e. The minimum atomic E-state index is -0.497. The van der Waals surface area contributed by atoms with E-state index < -0.39 is 5.41 Å². The first kappa shape index (κ1) is 32.2. The summed E-state index contributed by atoms with van der Waals surface area (Å²) in [4.78, 5) is 9.66. The molecule has 0 atom stereocenters. The Morgan fingerprint density at radius 1 is 0.400 bits per heavy atom. The van der Waals surface area contributed by atoms with Gasteiger partial charge in [-0.25, -0.2) is 9.98 Å². The smallest absolute Gasteiger partial charge is 0.216 e. The second-order valence-electron chi connectivity index (χ2n) is 16.7. The van der Waals surface area contributed by atoms with Gasteiger partial charge in [0, 0.05) is 11.1 Å². The Morgan fingerprint density at radius 2 is 0.891 bits per heavy atom. The monoisotopic (exact) mass is 712 g/mol. The molecule has 0 fully saturated rings. The maximum Gasteiger partial charge on any atom is 0.216 e. The summed E-state index contributed by atoms with van der Waals surface area (Å²) in [6, 6.07) is 54.1. The van der Waals surface area contributed by atoms with Gasteiger partial charge in [-0.3, -0.25) is 0 Å². The molecule has 0 radical (unpaired) electrons. The third kappa shape index (κ3) is 4.70. The van der Waals surface area contributed by atoms with Crippen LogP contribution in [0.5, 0.6) is 0 Å². The first-order valence-electron chi connectivity index (χ1n) is 19.3. The minimum absolute atomic E-state index is 0.199. The third-order valence-electron chi connectivity index (χ3n) is 11.9. The zero-order valence-electron chi connectivity index (χ0n) is 31.5. The molecule has 266 valence electrons. The summed E-state index contributed by atoms with van der Waals surface area (Å²) in [5.41, 5.74) is 16.4. The molecule has 0 saturated heterocycles. The third-order valence-corrected chi connectivity index (χ3v) is 11.9. The summed E-state index contributed by atoms with van der Waals surface area (Å²) >= 11 is 0. The topological polar surface area (TPSA) is 43.2 Å². The molecule has 2 aliphatic heterocycles. The van der Waals surface area contributed by atoms with E-state index >= 15 is 0 Å². The second-order valence-corrected chi connectivity index (χ2v) is 16.7. The number of fused-ring (bicyclic) bond motifs is 12. The van der Waals surface area contributed by atoms with Crippen LogP contribution in [0.25, 0.3) is 55.3 Å². The fraction of sp³-hybridized carbons (Fsp3) is 0.176. The van der Waals surface area contributed by atoms with Gasteiger partial charge in [-0.05, 0) is 142 Å². The fourth-order valence-corrected chi connectivity index (χ4v) is 9.47. The first-order valence-corrected chi connectivity index (χ1v) is 19.3. The highest BCUT2D eigenvalue weighted by Gasteiger charge is 2.52. The van der Waals surface area contributed by atoms with Crippen LogP contribution in [0.2, 0.25) is 0 Å². The molecule has 2 heterocycles. The van der Waals surface area contributed by atoms with E-state index in [9.17, 15) is 0 Å². The van der Waals surface area contributed by atoms with Crippen LogP contribution in [0.15, 0.2) is 156 Å². The lowest BCUT2D eigenvalue weighted by Crippen LogP contribution is -2.26. The number of ether oxygens (including phenoxy) is 2. The van der Waals surface area contributed by atoms with Crippen molar-refractivity contribution in [2.24, 2.45) is 9.98 Å². The molecule has 0 amide bonds. The number of benzene rings is 7. The molecule has 0 saturated carbocycles. The highest BCUT2D eigenvalue weighted by molar-refractivity contribution is 6.11. The molecule has 0 aromatic heterocycles. The van der Waals surface area contributed by atoms with Crippen LogP contribution in [0.3, 0.4) is 0 Å². The van der Waals surface area contributed by atoms with Crippen LogP contribution in [-0.4, -0.2) is 36.1 Å². The Labute approximate surface area is 321 Å². The molecular formula is C51H40N2O2. The van der Waals surface area contributed by atoms with Crippen molar-refractivity contribution in [3.8, 4) is 44.5 Å². The molecule has 55 heavy (non-hydrogen) atoms. The van der Waals surface area contributed by atoms with Gasteiger partial charge in [0.15, 0.2) is 0 Å². The van der Waals surface area contributed by atoms with E-state index in [2.05, 4.69) is 173 Å². The van der Waals surface area contributed by atoms with Crippen LogP contribution in [-0.2, 0) is 14.9 Å². The van der Waals surface area contributed by atoms with E-state index in [1.54, 1.807) is 0 Å². The number of rotatable bonds is 4.